The molecule has 1 aliphatic carbocycles. The lowest BCUT2D eigenvalue weighted by atomic mass is 9.81. The smallest absolute Gasteiger partial charge is 0.263 e. The first-order chi connectivity index (χ1) is 13.8. The molecule has 1 aromatic carbocycles. The molecule has 29 heavy (non-hydrogen) atoms. The number of carbonyl (C=O) groups is 1. The maximum absolute atomic E-state index is 12.7. The lowest BCUT2D eigenvalue weighted by Gasteiger charge is -2.31. The van der Waals surface area contributed by atoms with Crippen LogP contribution in [0.2, 0.25) is 0 Å². The number of benzene rings is 1. The van der Waals surface area contributed by atoms with Gasteiger partial charge in [-0.15, -0.1) is 10.2 Å². The minimum Gasteiger partial charge on any atom is -0.349 e. The molecule has 3 rings (SSSR count). The summed E-state index contributed by atoms with van der Waals surface area (Å²) < 4.78 is 27.9. The van der Waals surface area contributed by atoms with Crippen LogP contribution < -0.4 is 10.0 Å². The molecule has 1 saturated carbocycles. The third-order valence-corrected chi connectivity index (χ3v) is 7.81. The molecule has 158 valence electrons. The lowest BCUT2D eigenvalue weighted by molar-refractivity contribution is -0.120. The number of hydrogen-bond donors (Lipinski definition) is 2. The van der Waals surface area contributed by atoms with Crippen molar-refractivity contribution in [2.24, 2.45) is 5.92 Å². The highest BCUT2D eigenvalue weighted by Crippen LogP contribution is 2.35. The van der Waals surface area contributed by atoms with Crippen molar-refractivity contribution in [3.63, 3.8) is 0 Å². The van der Waals surface area contributed by atoms with Gasteiger partial charge in [-0.3, -0.25) is 9.52 Å². The highest BCUT2D eigenvalue weighted by atomic mass is 32.2. The largest absolute Gasteiger partial charge is 0.349 e. The van der Waals surface area contributed by atoms with E-state index in [9.17, 15) is 13.2 Å². The van der Waals surface area contributed by atoms with Crippen LogP contribution >= 0.6 is 11.3 Å². The van der Waals surface area contributed by atoms with Crippen molar-refractivity contribution >= 4 is 32.4 Å². The SMILES string of the molecule is CC(=O)NC(c1ccc(S(=O)(=O)Nc2nnc(C(C)C)s2)cc1)C1CCCCC1. The summed E-state index contributed by atoms with van der Waals surface area (Å²) in [4.78, 5) is 11.9. The van der Waals surface area contributed by atoms with Crippen LogP contribution in [0.1, 0.15) is 75.4 Å². The van der Waals surface area contributed by atoms with E-state index >= 15 is 0 Å². The molecule has 1 unspecified atom stereocenters. The second-order valence-corrected chi connectivity index (χ2v) is 10.5. The van der Waals surface area contributed by atoms with Gasteiger partial charge in [0.25, 0.3) is 10.0 Å². The minimum absolute atomic E-state index is 0.0730. The maximum Gasteiger partial charge on any atom is 0.263 e. The van der Waals surface area contributed by atoms with Gasteiger partial charge in [0.15, 0.2) is 0 Å². The number of nitrogens with zero attached hydrogens (tertiary/aromatic N) is 2. The third-order valence-electron chi connectivity index (χ3n) is 5.19. The Bertz CT molecular complexity index is 933. The Kier molecular flexibility index (Phi) is 6.89. The molecule has 2 aromatic rings. The molecule has 7 nitrogen and oxygen atoms in total. The third kappa shape index (κ3) is 5.54. The molecule has 1 heterocycles. The molecule has 0 radical (unpaired) electrons. The summed E-state index contributed by atoms with van der Waals surface area (Å²) in [5.74, 6) is 0.496. The first-order valence-electron chi connectivity index (χ1n) is 9.99. The summed E-state index contributed by atoms with van der Waals surface area (Å²) in [6.45, 7) is 5.48. The molecule has 0 aliphatic heterocycles. The zero-order valence-corrected chi connectivity index (χ0v) is 18.6. The Morgan fingerprint density at radius 1 is 1.10 bits per heavy atom. The molecule has 1 amide bonds. The summed E-state index contributed by atoms with van der Waals surface area (Å²) in [7, 11) is -3.75. The fourth-order valence-corrected chi connectivity index (χ4v) is 5.67. The first kappa shape index (κ1) is 21.7. The van der Waals surface area contributed by atoms with E-state index in [1.807, 2.05) is 13.8 Å². The molecule has 0 saturated heterocycles. The molecule has 1 aliphatic rings. The van der Waals surface area contributed by atoms with Gasteiger partial charge < -0.3 is 5.32 Å². The van der Waals surface area contributed by atoms with Crippen molar-refractivity contribution in [2.45, 2.75) is 69.7 Å². The number of carbonyl (C=O) groups excluding carboxylic acids is 1. The van der Waals surface area contributed by atoms with Crippen molar-refractivity contribution in [3.05, 3.63) is 34.8 Å². The van der Waals surface area contributed by atoms with E-state index < -0.39 is 10.0 Å². The highest BCUT2D eigenvalue weighted by molar-refractivity contribution is 7.93. The predicted octanol–water partition coefficient (Wildman–Crippen LogP) is 4.22. The molecule has 2 N–H and O–H groups in total. The van der Waals surface area contributed by atoms with Gasteiger partial charge in [0.1, 0.15) is 5.01 Å². The quantitative estimate of drug-likeness (QED) is 0.677. The van der Waals surface area contributed by atoms with Crippen molar-refractivity contribution < 1.29 is 13.2 Å². The number of rotatable bonds is 7. The second-order valence-electron chi connectivity index (χ2n) is 7.85. The van der Waals surface area contributed by atoms with E-state index in [2.05, 4.69) is 20.2 Å². The summed E-state index contributed by atoms with van der Waals surface area (Å²) in [6.07, 6.45) is 5.70. The predicted molar refractivity (Wildman–Crippen MR) is 114 cm³/mol. The first-order valence-corrected chi connectivity index (χ1v) is 12.3. The van der Waals surface area contributed by atoms with Crippen molar-refractivity contribution in [1.29, 1.82) is 0 Å². The van der Waals surface area contributed by atoms with Crippen molar-refractivity contribution in [3.8, 4) is 0 Å². The molecule has 1 aromatic heterocycles. The van der Waals surface area contributed by atoms with E-state index in [0.29, 0.717) is 5.92 Å². The maximum atomic E-state index is 12.7. The fourth-order valence-electron chi connectivity index (χ4n) is 3.70. The summed E-state index contributed by atoms with van der Waals surface area (Å²) in [6, 6.07) is 6.67. The molecule has 9 heteroatoms. The molecule has 1 atom stereocenters. The zero-order valence-electron chi connectivity index (χ0n) is 17.0. The van der Waals surface area contributed by atoms with Crippen LogP contribution in [-0.2, 0) is 14.8 Å². The molecule has 1 fully saturated rings. The summed E-state index contributed by atoms with van der Waals surface area (Å²) in [5, 5.41) is 12.0. The molecular formula is C20H28N4O3S2. The van der Waals surface area contributed by atoms with Crippen molar-refractivity contribution in [1.82, 2.24) is 15.5 Å². The van der Waals surface area contributed by atoms with Crippen LogP contribution in [-0.4, -0.2) is 24.5 Å². The van der Waals surface area contributed by atoms with E-state index in [-0.39, 0.29) is 27.9 Å². The Labute approximate surface area is 176 Å². The normalized spacial score (nSPS) is 16.6. The summed E-state index contributed by atoms with van der Waals surface area (Å²) in [5.41, 5.74) is 0.934. The van der Waals surface area contributed by atoms with Crippen LogP contribution in [0.3, 0.4) is 0 Å². The van der Waals surface area contributed by atoms with Gasteiger partial charge in [0.2, 0.25) is 11.0 Å². The highest BCUT2D eigenvalue weighted by Gasteiger charge is 2.26. The van der Waals surface area contributed by atoms with Gasteiger partial charge in [-0.05, 0) is 36.5 Å². The van der Waals surface area contributed by atoms with Crippen molar-refractivity contribution in [2.75, 3.05) is 4.72 Å². The van der Waals surface area contributed by atoms with Gasteiger partial charge in [-0.2, -0.15) is 0 Å². The van der Waals surface area contributed by atoms with Crippen LogP contribution in [0.5, 0.6) is 0 Å². The number of sulfonamides is 1. The topological polar surface area (TPSA) is 101 Å². The van der Waals surface area contributed by atoms with Gasteiger partial charge in [0.05, 0.1) is 10.9 Å². The van der Waals surface area contributed by atoms with Gasteiger partial charge in [-0.25, -0.2) is 8.42 Å². The second kappa shape index (κ2) is 9.21. The van der Waals surface area contributed by atoms with E-state index in [1.165, 1.54) is 24.7 Å². The number of hydrogen-bond acceptors (Lipinski definition) is 6. The number of nitrogens with one attached hydrogen (secondary N) is 2. The monoisotopic (exact) mass is 436 g/mol. The molecular weight excluding hydrogens is 408 g/mol. The van der Waals surface area contributed by atoms with Crippen LogP contribution in [0.4, 0.5) is 5.13 Å². The van der Waals surface area contributed by atoms with Gasteiger partial charge >= 0.3 is 0 Å². The fraction of sp³-hybridized carbons (Fsp3) is 0.550. The van der Waals surface area contributed by atoms with Gasteiger partial charge in [0, 0.05) is 12.8 Å². The Balaban J connectivity index is 1.78. The average Bonchev–Trinajstić information content (AvgIpc) is 3.15. The Morgan fingerprint density at radius 2 is 1.76 bits per heavy atom. The summed E-state index contributed by atoms with van der Waals surface area (Å²) >= 11 is 1.24. The zero-order chi connectivity index (χ0) is 21.0. The number of aromatic nitrogens is 2. The molecule has 0 spiro atoms. The van der Waals surface area contributed by atoms with E-state index in [0.717, 1.165) is 36.3 Å². The Hall–Kier alpha value is -2.00. The standard InChI is InChI=1S/C20H28N4O3S2/c1-13(2)19-22-23-20(28-19)24-29(26,27)17-11-9-16(10-12-17)18(21-14(3)25)15-7-5-4-6-8-15/h9-13,15,18H,4-8H2,1-3H3,(H,21,25)(H,23,24). The van der Waals surface area contributed by atoms with Gasteiger partial charge in [-0.1, -0.05) is 56.6 Å². The van der Waals surface area contributed by atoms with E-state index in [4.69, 9.17) is 0 Å². The molecule has 0 bridgehead atoms. The van der Waals surface area contributed by atoms with Crippen LogP contribution in [0, 0.1) is 5.92 Å². The van der Waals surface area contributed by atoms with Crippen LogP contribution in [0.25, 0.3) is 0 Å². The minimum atomic E-state index is -3.75. The average molecular weight is 437 g/mol. The van der Waals surface area contributed by atoms with E-state index in [1.54, 1.807) is 24.3 Å². The number of amides is 1. The number of anilines is 1. The Morgan fingerprint density at radius 3 is 2.31 bits per heavy atom. The van der Waals surface area contributed by atoms with Crippen LogP contribution in [0.15, 0.2) is 29.2 Å². The lowest BCUT2D eigenvalue weighted by Crippen LogP contribution is -2.33.